The quantitative estimate of drug-likeness (QED) is 0.865. The fraction of sp³-hybridized carbons (Fsp3) is 0.500. The van der Waals surface area contributed by atoms with Crippen LogP contribution in [0.15, 0.2) is 24.5 Å². The van der Waals surface area contributed by atoms with Crippen LogP contribution in [0.5, 0.6) is 0 Å². The molecule has 2 heterocycles. The molecule has 0 bridgehead atoms. The Kier molecular flexibility index (Phi) is 5.54. The van der Waals surface area contributed by atoms with Crippen LogP contribution in [0.3, 0.4) is 0 Å². The lowest BCUT2D eigenvalue weighted by molar-refractivity contribution is 0.101. The molecule has 1 aliphatic heterocycles. The highest BCUT2D eigenvalue weighted by molar-refractivity contribution is 5.89. The Morgan fingerprint density at radius 3 is 3.12 bits per heavy atom. The Morgan fingerprint density at radius 1 is 1.52 bits per heavy atom. The van der Waals surface area contributed by atoms with Gasteiger partial charge in [-0.05, 0) is 54.3 Å². The van der Waals surface area contributed by atoms with Crippen molar-refractivity contribution in [3.8, 4) is 5.69 Å². The van der Waals surface area contributed by atoms with Crippen LogP contribution >= 0.6 is 0 Å². The van der Waals surface area contributed by atoms with E-state index < -0.39 is 5.82 Å². The molecule has 0 radical (unpaired) electrons. The minimum absolute atomic E-state index is 0.0870. The molecule has 1 aliphatic rings. The molecular weight excluding hydrogens is 327 g/mol. The predicted octanol–water partition coefficient (Wildman–Crippen LogP) is 2.22. The van der Waals surface area contributed by atoms with E-state index in [0.29, 0.717) is 18.3 Å². The molecule has 1 N–H and O–H groups in total. The smallest absolute Gasteiger partial charge is 0.321 e. The number of aromatic nitrogens is 4. The number of urea groups is 1. The van der Waals surface area contributed by atoms with Crippen molar-refractivity contribution in [1.82, 2.24) is 25.1 Å². The molecule has 0 unspecified atom stereocenters. The van der Waals surface area contributed by atoms with Crippen molar-refractivity contribution < 1.29 is 13.9 Å². The van der Waals surface area contributed by atoms with Gasteiger partial charge in [0.15, 0.2) is 0 Å². The number of anilines is 1. The molecular formula is C16H21FN6O2. The number of carbonyl (C=O) groups is 1. The lowest BCUT2D eigenvalue weighted by atomic mass is 10.1. The summed E-state index contributed by atoms with van der Waals surface area (Å²) in [6, 6.07) is 3.93. The minimum Gasteiger partial charge on any atom is -0.378 e. The number of nitrogens with zero attached hydrogens (tertiary/aromatic N) is 5. The Balaban J connectivity index is 1.55. The van der Waals surface area contributed by atoms with Crippen molar-refractivity contribution in [3.05, 3.63) is 30.3 Å². The van der Waals surface area contributed by atoms with Gasteiger partial charge < -0.3 is 15.0 Å². The van der Waals surface area contributed by atoms with Crippen LogP contribution in [-0.4, -0.2) is 57.4 Å². The van der Waals surface area contributed by atoms with Gasteiger partial charge in [0.25, 0.3) is 0 Å². The number of nitrogens with one attached hydrogen (secondary N) is 1. The molecule has 1 aromatic carbocycles. The first kappa shape index (κ1) is 17.3. The van der Waals surface area contributed by atoms with Gasteiger partial charge in [-0.2, -0.15) is 0 Å². The lowest BCUT2D eigenvalue weighted by Gasteiger charge is -2.19. The van der Waals surface area contributed by atoms with E-state index in [1.54, 1.807) is 7.05 Å². The molecule has 0 spiro atoms. The molecule has 8 nitrogen and oxygen atoms in total. The largest absolute Gasteiger partial charge is 0.378 e. The summed E-state index contributed by atoms with van der Waals surface area (Å²) < 4.78 is 20.9. The summed E-state index contributed by atoms with van der Waals surface area (Å²) in [5, 5.41) is 13.4. The Labute approximate surface area is 145 Å². The number of amides is 2. The summed E-state index contributed by atoms with van der Waals surface area (Å²) in [5.41, 5.74) is 0.645. The third-order valence-electron chi connectivity index (χ3n) is 4.20. The van der Waals surface area contributed by atoms with E-state index in [2.05, 4.69) is 20.8 Å². The number of ether oxygens (including phenoxy) is 1. The van der Waals surface area contributed by atoms with Gasteiger partial charge >= 0.3 is 6.03 Å². The predicted molar refractivity (Wildman–Crippen MR) is 89.0 cm³/mol. The zero-order valence-corrected chi connectivity index (χ0v) is 14.1. The van der Waals surface area contributed by atoms with Crippen LogP contribution < -0.4 is 5.32 Å². The van der Waals surface area contributed by atoms with E-state index in [1.165, 1.54) is 34.1 Å². The maximum absolute atomic E-state index is 14.0. The Bertz CT molecular complexity index is 703. The first-order valence-electron chi connectivity index (χ1n) is 8.30. The molecule has 0 aliphatic carbocycles. The number of rotatable bonds is 6. The molecule has 134 valence electrons. The van der Waals surface area contributed by atoms with Crippen molar-refractivity contribution in [2.45, 2.75) is 31.8 Å². The normalized spacial score (nSPS) is 16.8. The number of hydrogen-bond donors (Lipinski definition) is 1. The zero-order chi connectivity index (χ0) is 17.6. The summed E-state index contributed by atoms with van der Waals surface area (Å²) in [7, 11) is 1.69. The van der Waals surface area contributed by atoms with Crippen molar-refractivity contribution in [1.29, 1.82) is 0 Å². The molecule has 25 heavy (non-hydrogen) atoms. The van der Waals surface area contributed by atoms with Gasteiger partial charge in [-0.15, -0.1) is 5.10 Å². The topological polar surface area (TPSA) is 85.2 Å². The first-order valence-corrected chi connectivity index (χ1v) is 8.30. The summed E-state index contributed by atoms with van der Waals surface area (Å²) in [6.07, 6.45) is 5.68. The van der Waals surface area contributed by atoms with Gasteiger partial charge in [-0.3, -0.25) is 0 Å². The maximum Gasteiger partial charge on any atom is 0.321 e. The highest BCUT2D eigenvalue weighted by Crippen LogP contribution is 2.19. The summed E-state index contributed by atoms with van der Waals surface area (Å²) in [6.45, 7) is 1.41. The van der Waals surface area contributed by atoms with Crippen LogP contribution in [0.4, 0.5) is 14.9 Å². The van der Waals surface area contributed by atoms with E-state index in [9.17, 15) is 9.18 Å². The molecule has 0 saturated carbocycles. The Morgan fingerprint density at radius 2 is 2.40 bits per heavy atom. The van der Waals surface area contributed by atoms with Crippen LogP contribution in [0.2, 0.25) is 0 Å². The van der Waals surface area contributed by atoms with Crippen molar-refractivity contribution in [3.63, 3.8) is 0 Å². The van der Waals surface area contributed by atoms with E-state index in [1.807, 2.05) is 0 Å². The molecule has 1 atom stereocenters. The highest BCUT2D eigenvalue weighted by Gasteiger charge is 2.17. The molecule has 1 fully saturated rings. The molecule has 2 aromatic rings. The number of benzene rings is 1. The second-order valence-electron chi connectivity index (χ2n) is 6.05. The van der Waals surface area contributed by atoms with Gasteiger partial charge in [-0.1, -0.05) is 0 Å². The molecule has 2 amide bonds. The number of tetrazole rings is 1. The molecule has 1 saturated heterocycles. The molecule has 1 aromatic heterocycles. The fourth-order valence-electron chi connectivity index (χ4n) is 2.77. The first-order chi connectivity index (χ1) is 12.1. The molecule has 3 rings (SSSR count). The highest BCUT2D eigenvalue weighted by atomic mass is 19.1. The average Bonchev–Trinajstić information content (AvgIpc) is 3.30. The number of carbonyl (C=O) groups excluding carboxylic acids is 1. The van der Waals surface area contributed by atoms with Gasteiger partial charge in [0, 0.05) is 20.2 Å². The van der Waals surface area contributed by atoms with Crippen LogP contribution in [0, 0.1) is 5.82 Å². The van der Waals surface area contributed by atoms with E-state index >= 15 is 0 Å². The third-order valence-corrected chi connectivity index (χ3v) is 4.20. The van der Waals surface area contributed by atoms with Crippen LogP contribution in [-0.2, 0) is 4.74 Å². The monoisotopic (exact) mass is 348 g/mol. The maximum atomic E-state index is 14.0. The summed E-state index contributed by atoms with van der Waals surface area (Å²) >= 11 is 0. The van der Waals surface area contributed by atoms with Crippen molar-refractivity contribution in [2.24, 2.45) is 0 Å². The molecule has 9 heteroatoms. The SMILES string of the molecule is CN(CCC[C@H]1CCCO1)C(=O)Nc1cc(-n2cnnn2)ccc1F. The van der Waals surface area contributed by atoms with Gasteiger partial charge in [0.1, 0.15) is 12.1 Å². The average molecular weight is 348 g/mol. The second kappa shape index (κ2) is 8.02. The summed E-state index contributed by atoms with van der Waals surface area (Å²) in [5.74, 6) is -0.516. The van der Waals surface area contributed by atoms with E-state index in [0.717, 1.165) is 32.3 Å². The fourth-order valence-corrected chi connectivity index (χ4v) is 2.77. The summed E-state index contributed by atoms with van der Waals surface area (Å²) in [4.78, 5) is 13.8. The van der Waals surface area contributed by atoms with Gasteiger partial charge in [0.05, 0.1) is 17.5 Å². The zero-order valence-electron chi connectivity index (χ0n) is 14.1. The second-order valence-corrected chi connectivity index (χ2v) is 6.05. The van der Waals surface area contributed by atoms with E-state index in [-0.39, 0.29) is 11.7 Å². The van der Waals surface area contributed by atoms with Crippen LogP contribution in [0.25, 0.3) is 5.69 Å². The number of halogens is 1. The van der Waals surface area contributed by atoms with Crippen molar-refractivity contribution >= 4 is 11.7 Å². The van der Waals surface area contributed by atoms with Gasteiger partial charge in [-0.25, -0.2) is 13.9 Å². The lowest BCUT2D eigenvalue weighted by Crippen LogP contribution is -2.32. The Hall–Kier alpha value is -2.55. The standard InChI is InChI=1S/C16H21FN6O2/c1-22(8-2-4-13-5-3-9-25-13)16(24)19-15-10-12(6-7-14(15)17)23-11-18-20-21-23/h6-7,10-11,13H,2-5,8-9H2,1H3,(H,19,24)/t13-/m0/s1. The van der Waals surface area contributed by atoms with E-state index in [4.69, 9.17) is 4.74 Å². The minimum atomic E-state index is -0.516. The van der Waals surface area contributed by atoms with Crippen LogP contribution in [0.1, 0.15) is 25.7 Å². The number of hydrogen-bond acceptors (Lipinski definition) is 5. The van der Waals surface area contributed by atoms with Crippen molar-refractivity contribution in [2.75, 3.05) is 25.5 Å². The third kappa shape index (κ3) is 4.50. The van der Waals surface area contributed by atoms with Gasteiger partial charge in [0.2, 0.25) is 0 Å².